The van der Waals surface area contributed by atoms with Gasteiger partial charge < -0.3 is 5.73 Å². The second-order valence-corrected chi connectivity index (χ2v) is 5.63. The first-order valence-corrected chi connectivity index (χ1v) is 6.11. The molecule has 0 aliphatic carbocycles. The Morgan fingerprint density at radius 2 is 2.00 bits per heavy atom. The summed E-state index contributed by atoms with van der Waals surface area (Å²) in [5.74, 6) is 0. The minimum absolute atomic E-state index is 0.136. The summed E-state index contributed by atoms with van der Waals surface area (Å²) in [5, 5.41) is 0. The first-order chi connectivity index (χ1) is 7.39. The molecule has 0 spiro atoms. The highest BCUT2D eigenvalue weighted by atomic mass is 14.7. The molecule has 0 saturated carbocycles. The number of nitrogens with zero attached hydrogens (tertiary/aromatic N) is 1. The molecule has 1 rings (SSSR count). The zero-order valence-electron chi connectivity index (χ0n) is 11.0. The SMILES string of the molecule is C[C@H](N)CCCc1cccc(C(C)(C)C)n1. The van der Waals surface area contributed by atoms with Crippen LogP contribution in [0.1, 0.15) is 51.9 Å². The van der Waals surface area contributed by atoms with E-state index in [0.717, 1.165) is 19.3 Å². The summed E-state index contributed by atoms with van der Waals surface area (Å²) >= 11 is 0. The average molecular weight is 220 g/mol. The monoisotopic (exact) mass is 220 g/mol. The van der Waals surface area contributed by atoms with Crippen molar-refractivity contribution in [2.75, 3.05) is 0 Å². The minimum atomic E-state index is 0.136. The molecule has 1 atom stereocenters. The van der Waals surface area contributed by atoms with Crippen molar-refractivity contribution in [1.82, 2.24) is 4.98 Å². The van der Waals surface area contributed by atoms with Gasteiger partial charge in [-0.3, -0.25) is 4.98 Å². The van der Waals surface area contributed by atoms with Gasteiger partial charge in [0.05, 0.1) is 0 Å². The van der Waals surface area contributed by atoms with Gasteiger partial charge >= 0.3 is 0 Å². The number of pyridine rings is 1. The first kappa shape index (κ1) is 13.2. The Morgan fingerprint density at radius 1 is 1.31 bits per heavy atom. The third-order valence-electron chi connectivity index (χ3n) is 2.67. The van der Waals surface area contributed by atoms with Crippen LogP contribution in [0.4, 0.5) is 0 Å². The van der Waals surface area contributed by atoms with Gasteiger partial charge in [0.2, 0.25) is 0 Å². The zero-order chi connectivity index (χ0) is 12.2. The Morgan fingerprint density at radius 3 is 2.56 bits per heavy atom. The van der Waals surface area contributed by atoms with Crippen molar-refractivity contribution in [1.29, 1.82) is 0 Å². The van der Waals surface area contributed by atoms with Gasteiger partial charge in [0, 0.05) is 22.8 Å². The van der Waals surface area contributed by atoms with Gasteiger partial charge in [-0.1, -0.05) is 26.8 Å². The highest BCUT2D eigenvalue weighted by Crippen LogP contribution is 2.20. The van der Waals surface area contributed by atoms with Crippen molar-refractivity contribution in [2.24, 2.45) is 5.73 Å². The maximum atomic E-state index is 5.74. The van der Waals surface area contributed by atoms with Crippen LogP contribution in [0.25, 0.3) is 0 Å². The maximum Gasteiger partial charge on any atom is 0.0460 e. The Kier molecular flexibility index (Phi) is 4.48. The lowest BCUT2D eigenvalue weighted by atomic mass is 9.91. The molecule has 1 aromatic rings. The second-order valence-electron chi connectivity index (χ2n) is 5.63. The summed E-state index contributed by atoms with van der Waals surface area (Å²) in [6.07, 6.45) is 3.23. The van der Waals surface area contributed by atoms with E-state index in [1.54, 1.807) is 0 Å². The van der Waals surface area contributed by atoms with E-state index in [2.05, 4.69) is 45.9 Å². The van der Waals surface area contributed by atoms with E-state index in [1.807, 2.05) is 0 Å². The van der Waals surface area contributed by atoms with Crippen molar-refractivity contribution in [3.05, 3.63) is 29.6 Å². The molecule has 2 N–H and O–H groups in total. The van der Waals surface area contributed by atoms with Crippen LogP contribution in [0.15, 0.2) is 18.2 Å². The van der Waals surface area contributed by atoms with Crippen LogP contribution in [0, 0.1) is 0 Å². The van der Waals surface area contributed by atoms with Crippen LogP contribution >= 0.6 is 0 Å². The number of aryl methyl sites for hydroxylation is 1. The van der Waals surface area contributed by atoms with Crippen LogP contribution in [0.3, 0.4) is 0 Å². The Balaban J connectivity index is 2.61. The van der Waals surface area contributed by atoms with E-state index in [-0.39, 0.29) is 5.41 Å². The number of aromatic nitrogens is 1. The van der Waals surface area contributed by atoms with Crippen LogP contribution in [-0.4, -0.2) is 11.0 Å². The van der Waals surface area contributed by atoms with Gasteiger partial charge in [0.1, 0.15) is 0 Å². The van der Waals surface area contributed by atoms with Crippen molar-refractivity contribution in [3.8, 4) is 0 Å². The van der Waals surface area contributed by atoms with E-state index in [1.165, 1.54) is 11.4 Å². The molecule has 1 aromatic heterocycles. The summed E-state index contributed by atoms with van der Waals surface area (Å²) < 4.78 is 0. The van der Waals surface area contributed by atoms with Gasteiger partial charge in [-0.15, -0.1) is 0 Å². The quantitative estimate of drug-likeness (QED) is 0.847. The number of hydrogen-bond acceptors (Lipinski definition) is 2. The van der Waals surface area contributed by atoms with Crippen molar-refractivity contribution < 1.29 is 0 Å². The van der Waals surface area contributed by atoms with Crippen molar-refractivity contribution >= 4 is 0 Å². The predicted molar refractivity (Wildman–Crippen MR) is 69.5 cm³/mol. The molecular weight excluding hydrogens is 196 g/mol. The topological polar surface area (TPSA) is 38.9 Å². The Bertz CT molecular complexity index is 324. The lowest BCUT2D eigenvalue weighted by Crippen LogP contribution is -2.16. The molecule has 0 radical (unpaired) electrons. The number of rotatable bonds is 4. The van der Waals surface area contributed by atoms with Crippen LogP contribution < -0.4 is 5.73 Å². The summed E-state index contributed by atoms with van der Waals surface area (Å²) in [6.45, 7) is 8.64. The molecular formula is C14H24N2. The maximum absolute atomic E-state index is 5.74. The second kappa shape index (κ2) is 5.44. The third-order valence-corrected chi connectivity index (χ3v) is 2.67. The molecule has 0 unspecified atom stereocenters. The largest absolute Gasteiger partial charge is 0.328 e. The minimum Gasteiger partial charge on any atom is -0.328 e. The molecule has 90 valence electrons. The average Bonchev–Trinajstić information content (AvgIpc) is 2.16. The van der Waals surface area contributed by atoms with E-state index in [4.69, 9.17) is 10.7 Å². The molecule has 1 heterocycles. The van der Waals surface area contributed by atoms with E-state index in [0.29, 0.717) is 6.04 Å². The van der Waals surface area contributed by atoms with Crippen LogP contribution in [-0.2, 0) is 11.8 Å². The van der Waals surface area contributed by atoms with E-state index < -0.39 is 0 Å². The van der Waals surface area contributed by atoms with Gasteiger partial charge in [-0.2, -0.15) is 0 Å². The third kappa shape index (κ3) is 4.31. The molecule has 2 nitrogen and oxygen atoms in total. The lowest BCUT2D eigenvalue weighted by molar-refractivity contribution is 0.561. The van der Waals surface area contributed by atoms with Gasteiger partial charge in [0.25, 0.3) is 0 Å². The highest BCUT2D eigenvalue weighted by Gasteiger charge is 2.15. The van der Waals surface area contributed by atoms with Crippen LogP contribution in [0.5, 0.6) is 0 Å². The van der Waals surface area contributed by atoms with Gasteiger partial charge in [-0.05, 0) is 38.3 Å². The molecule has 0 amide bonds. The molecule has 16 heavy (non-hydrogen) atoms. The fraction of sp³-hybridized carbons (Fsp3) is 0.643. The van der Waals surface area contributed by atoms with Gasteiger partial charge in [0.15, 0.2) is 0 Å². The molecule has 0 bridgehead atoms. The molecule has 0 aliphatic heterocycles. The molecule has 0 aliphatic rings. The molecule has 0 fully saturated rings. The predicted octanol–water partition coefficient (Wildman–Crippen LogP) is 3.05. The fourth-order valence-electron chi connectivity index (χ4n) is 1.64. The van der Waals surface area contributed by atoms with E-state index >= 15 is 0 Å². The van der Waals surface area contributed by atoms with Gasteiger partial charge in [-0.25, -0.2) is 0 Å². The molecule has 0 aromatic carbocycles. The first-order valence-electron chi connectivity index (χ1n) is 6.11. The smallest absolute Gasteiger partial charge is 0.0460 e. The Labute approximate surface area is 99.3 Å². The Hall–Kier alpha value is -0.890. The summed E-state index contributed by atoms with van der Waals surface area (Å²) in [7, 11) is 0. The van der Waals surface area contributed by atoms with Crippen molar-refractivity contribution in [3.63, 3.8) is 0 Å². The summed E-state index contributed by atoms with van der Waals surface area (Å²) in [5.41, 5.74) is 8.23. The number of hydrogen-bond donors (Lipinski definition) is 1. The summed E-state index contributed by atoms with van der Waals surface area (Å²) in [6, 6.07) is 6.62. The number of nitrogens with two attached hydrogens (primary N) is 1. The zero-order valence-corrected chi connectivity index (χ0v) is 11.0. The lowest BCUT2D eigenvalue weighted by Gasteiger charge is -2.18. The summed E-state index contributed by atoms with van der Waals surface area (Å²) in [4.78, 5) is 4.70. The molecule has 0 saturated heterocycles. The fourth-order valence-corrected chi connectivity index (χ4v) is 1.64. The van der Waals surface area contributed by atoms with E-state index in [9.17, 15) is 0 Å². The normalized spacial score (nSPS) is 13.8. The highest BCUT2D eigenvalue weighted by molar-refractivity contribution is 5.17. The molecule has 2 heteroatoms. The standard InChI is InChI=1S/C14H24N2/c1-11(15)7-5-8-12-9-6-10-13(16-12)14(2,3)4/h6,9-11H,5,7-8,15H2,1-4H3/t11-/m0/s1. The van der Waals surface area contributed by atoms with Crippen LogP contribution in [0.2, 0.25) is 0 Å². The van der Waals surface area contributed by atoms with Crippen molar-refractivity contribution in [2.45, 2.75) is 58.4 Å².